The minimum Gasteiger partial charge on any atom is -0.347 e. The van der Waals surface area contributed by atoms with Crippen molar-refractivity contribution in [1.82, 2.24) is 14.7 Å². The molecular weight excluding hydrogens is 428 g/mol. The summed E-state index contributed by atoms with van der Waals surface area (Å²) in [6.45, 7) is 3.52. The summed E-state index contributed by atoms with van der Waals surface area (Å²) in [5, 5.41) is 0. The van der Waals surface area contributed by atoms with Crippen molar-refractivity contribution >= 4 is 23.4 Å². The smallest absolute Gasteiger partial charge is 0.250 e. The highest BCUT2D eigenvalue weighted by atomic mass is 16.2. The second-order valence-electron chi connectivity index (χ2n) is 9.42. The van der Waals surface area contributed by atoms with Crippen LogP contribution in [0.3, 0.4) is 0 Å². The number of rotatable bonds is 6. The summed E-state index contributed by atoms with van der Waals surface area (Å²) in [5.74, 6) is -0.165. The lowest BCUT2D eigenvalue weighted by Crippen LogP contribution is -2.58. The van der Waals surface area contributed by atoms with Gasteiger partial charge in [0.05, 0.1) is 12.6 Å². The second kappa shape index (κ2) is 9.87. The maximum absolute atomic E-state index is 13.7. The van der Waals surface area contributed by atoms with Gasteiger partial charge in [-0.05, 0) is 37.0 Å². The van der Waals surface area contributed by atoms with Crippen molar-refractivity contribution in [2.24, 2.45) is 0 Å². The summed E-state index contributed by atoms with van der Waals surface area (Å²) in [6.07, 6.45) is 1.83. The summed E-state index contributed by atoms with van der Waals surface area (Å²) in [6, 6.07) is 19.8. The van der Waals surface area contributed by atoms with Crippen LogP contribution in [0.4, 0.5) is 5.69 Å². The number of amides is 3. The Bertz CT molecular complexity index is 1020. The van der Waals surface area contributed by atoms with Gasteiger partial charge in [0.1, 0.15) is 12.1 Å². The average molecular weight is 463 g/mol. The summed E-state index contributed by atoms with van der Waals surface area (Å²) in [7, 11) is 3.41. The highest BCUT2D eigenvalue weighted by Crippen LogP contribution is 2.40. The number of nitrogens with zero attached hydrogens (tertiary/aromatic N) is 4. The van der Waals surface area contributed by atoms with Crippen molar-refractivity contribution in [3.8, 4) is 0 Å². The molecule has 0 radical (unpaired) electrons. The van der Waals surface area contributed by atoms with Gasteiger partial charge >= 0.3 is 0 Å². The van der Waals surface area contributed by atoms with E-state index < -0.39 is 5.54 Å². The fraction of sp³-hybridized carbons (Fsp3) is 0.444. The van der Waals surface area contributed by atoms with E-state index in [-0.39, 0.29) is 30.2 Å². The molecule has 0 bridgehead atoms. The van der Waals surface area contributed by atoms with E-state index in [0.717, 1.165) is 17.7 Å². The van der Waals surface area contributed by atoms with Gasteiger partial charge in [0.2, 0.25) is 11.8 Å². The van der Waals surface area contributed by atoms with Gasteiger partial charge in [0.25, 0.3) is 5.91 Å². The molecule has 4 rings (SSSR count). The third kappa shape index (κ3) is 4.39. The van der Waals surface area contributed by atoms with Crippen LogP contribution >= 0.6 is 0 Å². The lowest BCUT2D eigenvalue weighted by molar-refractivity contribution is -0.141. The summed E-state index contributed by atoms with van der Waals surface area (Å²) in [4.78, 5) is 46.8. The van der Waals surface area contributed by atoms with Crippen LogP contribution in [0.15, 0.2) is 60.7 Å². The molecule has 2 aromatic rings. The van der Waals surface area contributed by atoms with Gasteiger partial charge in [-0.3, -0.25) is 14.4 Å². The van der Waals surface area contributed by atoms with Crippen LogP contribution in [0.5, 0.6) is 0 Å². The summed E-state index contributed by atoms with van der Waals surface area (Å²) < 4.78 is 0. The highest BCUT2D eigenvalue weighted by molar-refractivity contribution is 5.96. The van der Waals surface area contributed by atoms with E-state index in [1.807, 2.05) is 72.5 Å². The van der Waals surface area contributed by atoms with Gasteiger partial charge in [0, 0.05) is 32.9 Å². The molecule has 2 saturated heterocycles. The Hall–Kier alpha value is -3.35. The van der Waals surface area contributed by atoms with Gasteiger partial charge < -0.3 is 19.6 Å². The monoisotopic (exact) mass is 462 g/mol. The number of anilines is 1. The average Bonchev–Trinajstić information content (AvgIpc) is 3.12. The van der Waals surface area contributed by atoms with Gasteiger partial charge in [-0.25, -0.2) is 0 Å². The molecular formula is C27H34N4O3. The highest BCUT2D eigenvalue weighted by Gasteiger charge is 2.54. The van der Waals surface area contributed by atoms with E-state index in [2.05, 4.69) is 4.90 Å². The van der Waals surface area contributed by atoms with Crippen molar-refractivity contribution in [1.29, 1.82) is 0 Å². The molecule has 0 aliphatic carbocycles. The number of carbonyl (C=O) groups excluding carboxylic acids is 3. The zero-order valence-corrected chi connectivity index (χ0v) is 20.3. The molecule has 0 aromatic heterocycles. The Kier molecular flexibility index (Phi) is 6.91. The molecule has 2 aliphatic heterocycles. The first-order chi connectivity index (χ1) is 16.4. The number of piperidine rings is 1. The molecule has 2 aliphatic rings. The van der Waals surface area contributed by atoms with E-state index in [1.54, 1.807) is 19.0 Å². The molecule has 2 aromatic carbocycles. The molecule has 0 saturated carbocycles. The van der Waals surface area contributed by atoms with Gasteiger partial charge in [-0.1, -0.05) is 55.5 Å². The van der Waals surface area contributed by atoms with E-state index in [9.17, 15) is 14.4 Å². The number of likely N-dealkylation sites (tertiary alicyclic amines) is 1. The second-order valence-corrected chi connectivity index (χ2v) is 9.42. The number of para-hydroxylation sites is 1. The maximum Gasteiger partial charge on any atom is 0.250 e. The Morgan fingerprint density at radius 3 is 2.12 bits per heavy atom. The number of carbonyl (C=O) groups is 3. The molecule has 3 amide bonds. The normalized spacial score (nSPS) is 18.3. The van der Waals surface area contributed by atoms with Gasteiger partial charge in [-0.2, -0.15) is 0 Å². The van der Waals surface area contributed by atoms with Crippen LogP contribution in [0.1, 0.15) is 37.7 Å². The van der Waals surface area contributed by atoms with E-state index in [0.29, 0.717) is 32.6 Å². The van der Waals surface area contributed by atoms with E-state index >= 15 is 0 Å². The Labute approximate surface area is 201 Å². The molecule has 2 heterocycles. The van der Waals surface area contributed by atoms with Gasteiger partial charge in [-0.15, -0.1) is 0 Å². The molecule has 0 unspecified atom stereocenters. The third-order valence-corrected chi connectivity index (χ3v) is 7.22. The Morgan fingerprint density at radius 1 is 0.971 bits per heavy atom. The third-order valence-electron chi connectivity index (χ3n) is 7.22. The lowest BCUT2D eigenvalue weighted by Gasteiger charge is -2.44. The molecule has 7 heteroatoms. The fourth-order valence-corrected chi connectivity index (χ4v) is 5.18. The fourth-order valence-electron chi connectivity index (χ4n) is 5.18. The largest absolute Gasteiger partial charge is 0.347 e. The minimum absolute atomic E-state index is 0.0197. The Morgan fingerprint density at radius 2 is 1.56 bits per heavy atom. The predicted molar refractivity (Wildman–Crippen MR) is 132 cm³/mol. The van der Waals surface area contributed by atoms with Crippen LogP contribution in [0.2, 0.25) is 0 Å². The lowest BCUT2D eigenvalue weighted by atomic mass is 9.84. The standard InChI is InChI=1S/C27H34N4O3/c1-4-23(21-11-7-5-8-12-21)25(33)29-17-15-27(16-18-29)26(34)30(19-24(32)28(2)3)20-31(27)22-13-9-6-10-14-22/h5-14,23H,4,15-20H2,1-3H3/t23-/m1/s1. The van der Waals surface area contributed by atoms with Crippen LogP contribution in [-0.2, 0) is 14.4 Å². The topological polar surface area (TPSA) is 64.2 Å². The van der Waals surface area contributed by atoms with Crippen LogP contribution < -0.4 is 4.90 Å². The molecule has 34 heavy (non-hydrogen) atoms. The van der Waals surface area contributed by atoms with E-state index in [4.69, 9.17) is 0 Å². The quantitative estimate of drug-likeness (QED) is 0.662. The summed E-state index contributed by atoms with van der Waals surface area (Å²) >= 11 is 0. The first-order valence-corrected chi connectivity index (χ1v) is 12.0. The van der Waals surface area contributed by atoms with Gasteiger partial charge in [0.15, 0.2) is 0 Å². The first kappa shape index (κ1) is 23.8. The number of benzene rings is 2. The summed E-state index contributed by atoms with van der Waals surface area (Å²) in [5.41, 5.74) is 1.26. The van der Waals surface area contributed by atoms with Crippen molar-refractivity contribution in [3.63, 3.8) is 0 Å². The minimum atomic E-state index is -0.737. The Balaban J connectivity index is 1.55. The first-order valence-electron chi connectivity index (χ1n) is 12.0. The molecule has 2 fully saturated rings. The van der Waals surface area contributed by atoms with Crippen molar-refractivity contribution in [3.05, 3.63) is 66.2 Å². The van der Waals surface area contributed by atoms with Crippen molar-refractivity contribution in [2.45, 2.75) is 37.6 Å². The zero-order valence-electron chi connectivity index (χ0n) is 20.3. The maximum atomic E-state index is 13.7. The number of hydrogen-bond donors (Lipinski definition) is 0. The molecule has 0 N–H and O–H groups in total. The SMILES string of the molecule is CC[C@@H](C(=O)N1CCC2(CC1)C(=O)N(CC(=O)N(C)C)CN2c1ccccc1)c1ccccc1. The van der Waals surface area contributed by atoms with E-state index in [1.165, 1.54) is 4.90 Å². The number of hydrogen-bond acceptors (Lipinski definition) is 4. The number of likely N-dealkylation sites (N-methyl/N-ethyl adjacent to an activating group) is 1. The predicted octanol–water partition coefficient (Wildman–Crippen LogP) is 2.94. The van der Waals surface area contributed by atoms with Crippen molar-refractivity contribution < 1.29 is 14.4 Å². The molecule has 1 spiro atoms. The van der Waals surface area contributed by atoms with Crippen LogP contribution in [-0.4, -0.2) is 78.4 Å². The van der Waals surface area contributed by atoms with Crippen molar-refractivity contribution in [2.75, 3.05) is 45.3 Å². The molecule has 7 nitrogen and oxygen atoms in total. The molecule has 180 valence electrons. The molecule has 1 atom stereocenters. The van der Waals surface area contributed by atoms with Crippen LogP contribution in [0.25, 0.3) is 0 Å². The zero-order chi connectivity index (χ0) is 24.3. The van der Waals surface area contributed by atoms with Crippen LogP contribution in [0, 0.1) is 0 Å².